The Morgan fingerprint density at radius 1 is 1.08 bits per heavy atom. The first-order valence-corrected chi connectivity index (χ1v) is 14.6. The van der Waals surface area contributed by atoms with Crippen molar-refractivity contribution in [1.29, 1.82) is 0 Å². The van der Waals surface area contributed by atoms with Gasteiger partial charge in [-0.3, -0.25) is 0 Å². The molecule has 2 atom stereocenters. The summed E-state index contributed by atoms with van der Waals surface area (Å²) in [6, 6.07) is 5.42. The summed E-state index contributed by atoms with van der Waals surface area (Å²) >= 11 is 1.03. The van der Waals surface area contributed by atoms with Crippen molar-refractivity contribution in [2.75, 3.05) is 19.7 Å². The lowest BCUT2D eigenvalue weighted by Crippen LogP contribution is -2.39. The third-order valence-electron chi connectivity index (χ3n) is 6.89. The minimum Gasteiger partial charge on any atom is -0.376 e. The van der Waals surface area contributed by atoms with Gasteiger partial charge < -0.3 is 9.30 Å². The van der Waals surface area contributed by atoms with Crippen LogP contribution in [-0.4, -0.2) is 48.1 Å². The van der Waals surface area contributed by atoms with Crippen LogP contribution in [0.1, 0.15) is 38.2 Å². The molecule has 0 bridgehead atoms. The zero-order valence-electron chi connectivity index (χ0n) is 20.2. The van der Waals surface area contributed by atoms with Gasteiger partial charge in [0, 0.05) is 31.0 Å². The van der Waals surface area contributed by atoms with Gasteiger partial charge in [-0.05, 0) is 55.9 Å². The molecule has 5 rings (SSSR count). The summed E-state index contributed by atoms with van der Waals surface area (Å²) in [7, 11) is -3.70. The van der Waals surface area contributed by atoms with E-state index >= 15 is 0 Å². The number of aromatic nitrogens is 2. The molecule has 2 aliphatic rings. The summed E-state index contributed by atoms with van der Waals surface area (Å²) in [6.07, 6.45) is 3.47. The molecule has 2 aromatic carbocycles. The first kappa shape index (κ1) is 26.5. The van der Waals surface area contributed by atoms with Gasteiger partial charge in [-0.1, -0.05) is 18.7 Å². The molecule has 2 saturated heterocycles. The first-order chi connectivity index (χ1) is 17.6. The molecule has 0 unspecified atom stereocenters. The van der Waals surface area contributed by atoms with Gasteiger partial charge in [-0.15, -0.1) is 0 Å². The lowest BCUT2D eigenvalue weighted by molar-refractivity contribution is 0.0960. The second kappa shape index (κ2) is 10.5. The van der Waals surface area contributed by atoms with Gasteiger partial charge in [-0.25, -0.2) is 31.0 Å². The lowest BCUT2D eigenvalue weighted by Gasteiger charge is -2.30. The number of rotatable bonds is 7. The standard InChI is InChI=1S/C25H27F4N3O3S2/c1-15-4-2-8-31(12-15)37(33,34)18-6-7-21-20(11-18)30-25(32(21)13-17-5-3-9-35-17)36-14-16-10-19(26)23(28)24(29)22(16)27/h6-7,10-11,15,17H,2-5,8-9,12-14H2,1H3/t15-,17-/m0/s1. The number of halogens is 4. The third-order valence-corrected chi connectivity index (χ3v) is 9.77. The Kier molecular flexibility index (Phi) is 7.54. The smallest absolute Gasteiger partial charge is 0.243 e. The summed E-state index contributed by atoms with van der Waals surface area (Å²) in [6.45, 7) is 4.03. The number of nitrogens with zero attached hydrogens (tertiary/aromatic N) is 3. The zero-order valence-corrected chi connectivity index (χ0v) is 21.9. The van der Waals surface area contributed by atoms with E-state index in [2.05, 4.69) is 4.98 Å². The lowest BCUT2D eigenvalue weighted by atomic mass is 10.0. The molecular weight excluding hydrogens is 530 g/mol. The van der Waals surface area contributed by atoms with Crippen molar-refractivity contribution in [2.45, 2.75) is 61.1 Å². The number of fused-ring (bicyclic) bond motifs is 1. The molecule has 0 aliphatic carbocycles. The fourth-order valence-corrected chi connectivity index (χ4v) is 7.51. The van der Waals surface area contributed by atoms with E-state index in [0.29, 0.717) is 48.5 Å². The van der Waals surface area contributed by atoms with E-state index in [9.17, 15) is 26.0 Å². The van der Waals surface area contributed by atoms with Gasteiger partial charge in [0.2, 0.25) is 10.0 Å². The average Bonchev–Trinajstić information content (AvgIpc) is 3.52. The molecular formula is C25H27F4N3O3S2. The molecule has 3 aromatic rings. The van der Waals surface area contributed by atoms with Gasteiger partial charge >= 0.3 is 0 Å². The molecule has 0 N–H and O–H groups in total. The minimum atomic E-state index is -3.70. The highest BCUT2D eigenvalue weighted by Gasteiger charge is 2.30. The minimum absolute atomic E-state index is 0.0764. The van der Waals surface area contributed by atoms with Crippen molar-refractivity contribution in [2.24, 2.45) is 5.92 Å². The second-order valence-electron chi connectivity index (χ2n) is 9.65. The fourth-order valence-electron chi connectivity index (χ4n) is 4.91. The zero-order chi connectivity index (χ0) is 26.3. The van der Waals surface area contributed by atoms with Crippen LogP contribution in [0.4, 0.5) is 17.6 Å². The molecule has 200 valence electrons. The average molecular weight is 558 g/mol. The van der Waals surface area contributed by atoms with Gasteiger partial charge in [-0.2, -0.15) is 4.31 Å². The van der Waals surface area contributed by atoms with Gasteiger partial charge in [0.05, 0.1) is 28.6 Å². The highest BCUT2D eigenvalue weighted by molar-refractivity contribution is 7.98. The quantitative estimate of drug-likeness (QED) is 0.167. The molecule has 0 spiro atoms. The summed E-state index contributed by atoms with van der Waals surface area (Å²) < 4.78 is 90.8. The van der Waals surface area contributed by atoms with Crippen molar-refractivity contribution in [1.82, 2.24) is 13.9 Å². The number of ether oxygens (including phenoxy) is 1. The number of thioether (sulfide) groups is 1. The molecule has 2 fully saturated rings. The van der Waals surface area contributed by atoms with E-state index in [-0.39, 0.29) is 28.2 Å². The van der Waals surface area contributed by atoms with Crippen molar-refractivity contribution in [3.63, 3.8) is 0 Å². The van der Waals surface area contributed by atoms with Gasteiger partial charge in [0.1, 0.15) is 0 Å². The van der Waals surface area contributed by atoms with E-state index in [1.807, 2.05) is 11.5 Å². The van der Waals surface area contributed by atoms with E-state index < -0.39 is 33.3 Å². The topological polar surface area (TPSA) is 64.4 Å². The molecule has 2 aliphatic heterocycles. The van der Waals surface area contributed by atoms with Crippen LogP contribution < -0.4 is 0 Å². The molecule has 37 heavy (non-hydrogen) atoms. The van der Waals surface area contributed by atoms with Crippen molar-refractivity contribution in [3.05, 3.63) is 53.1 Å². The molecule has 0 radical (unpaired) electrons. The Morgan fingerprint density at radius 3 is 2.62 bits per heavy atom. The summed E-state index contributed by atoms with van der Waals surface area (Å²) in [5, 5.41) is 0.413. The molecule has 6 nitrogen and oxygen atoms in total. The van der Waals surface area contributed by atoms with Gasteiger partial charge in [0.25, 0.3) is 0 Å². The number of sulfonamides is 1. The van der Waals surface area contributed by atoms with E-state index in [1.54, 1.807) is 12.1 Å². The largest absolute Gasteiger partial charge is 0.376 e. The maximum absolute atomic E-state index is 14.3. The molecule has 12 heteroatoms. The van der Waals surface area contributed by atoms with Crippen molar-refractivity contribution in [3.8, 4) is 0 Å². The van der Waals surface area contributed by atoms with Crippen LogP contribution >= 0.6 is 11.8 Å². The number of hydrogen-bond acceptors (Lipinski definition) is 5. The Balaban J connectivity index is 1.49. The van der Waals surface area contributed by atoms with Crippen LogP contribution in [0.2, 0.25) is 0 Å². The Hall–Kier alpha value is -2.15. The van der Waals surface area contributed by atoms with Crippen molar-refractivity contribution < 1.29 is 30.7 Å². The molecule has 0 amide bonds. The molecule has 1 aromatic heterocycles. The Labute approximate surface area is 217 Å². The highest BCUT2D eigenvalue weighted by atomic mass is 32.2. The summed E-state index contributed by atoms with van der Waals surface area (Å²) in [5.74, 6) is -6.55. The number of piperidine rings is 1. The van der Waals surface area contributed by atoms with E-state index in [1.165, 1.54) is 10.4 Å². The highest BCUT2D eigenvalue weighted by Crippen LogP contribution is 2.32. The van der Waals surface area contributed by atoms with Crippen LogP contribution in [0.15, 0.2) is 34.3 Å². The Bertz CT molecular complexity index is 1420. The number of benzene rings is 2. The summed E-state index contributed by atoms with van der Waals surface area (Å²) in [5.41, 5.74) is 0.768. The van der Waals surface area contributed by atoms with Crippen LogP contribution in [-0.2, 0) is 27.1 Å². The predicted octanol–water partition coefficient (Wildman–Crippen LogP) is 5.48. The predicted molar refractivity (Wildman–Crippen MR) is 132 cm³/mol. The molecule has 3 heterocycles. The molecule has 0 saturated carbocycles. The van der Waals surface area contributed by atoms with Crippen LogP contribution in [0.3, 0.4) is 0 Å². The number of hydrogen-bond donors (Lipinski definition) is 0. The monoisotopic (exact) mass is 557 g/mol. The fraction of sp³-hybridized carbons (Fsp3) is 0.480. The third kappa shape index (κ3) is 5.25. The Morgan fingerprint density at radius 2 is 1.89 bits per heavy atom. The van der Waals surface area contributed by atoms with Crippen LogP contribution in [0.25, 0.3) is 11.0 Å². The maximum Gasteiger partial charge on any atom is 0.243 e. The summed E-state index contributed by atoms with van der Waals surface area (Å²) in [4.78, 5) is 4.74. The van der Waals surface area contributed by atoms with E-state index in [0.717, 1.165) is 37.4 Å². The van der Waals surface area contributed by atoms with E-state index in [4.69, 9.17) is 4.74 Å². The first-order valence-electron chi connectivity index (χ1n) is 12.2. The van der Waals surface area contributed by atoms with Crippen molar-refractivity contribution >= 4 is 32.8 Å². The van der Waals surface area contributed by atoms with Crippen LogP contribution in [0, 0.1) is 29.2 Å². The maximum atomic E-state index is 14.3. The number of imidazole rings is 1. The second-order valence-corrected chi connectivity index (χ2v) is 12.5. The normalized spacial score (nSPS) is 21.2. The van der Waals surface area contributed by atoms with Crippen LogP contribution in [0.5, 0.6) is 0 Å². The van der Waals surface area contributed by atoms with Gasteiger partial charge in [0.15, 0.2) is 28.4 Å². The SMILES string of the molecule is C[C@H]1CCCN(S(=O)(=O)c2ccc3c(c2)nc(SCc2cc(F)c(F)c(F)c2F)n3C[C@@H]2CCCO2)C1.